The van der Waals surface area contributed by atoms with E-state index < -0.39 is 0 Å². The van der Waals surface area contributed by atoms with Gasteiger partial charge in [0, 0.05) is 18.4 Å². The number of Topliss-reactive ketones (excluding diaryl/α,β-unsaturated/α-hetero) is 1. The van der Waals surface area contributed by atoms with Gasteiger partial charge in [-0.3, -0.25) is 9.59 Å². The van der Waals surface area contributed by atoms with Crippen molar-refractivity contribution in [1.82, 2.24) is 0 Å². The molecule has 0 aliphatic rings. The summed E-state index contributed by atoms with van der Waals surface area (Å²) in [6.45, 7) is 4.45. The van der Waals surface area contributed by atoms with E-state index in [1.54, 1.807) is 0 Å². The molecule has 3 heteroatoms. The molecule has 0 radical (unpaired) electrons. The van der Waals surface area contributed by atoms with E-state index in [1.807, 2.05) is 19.1 Å². The smallest absolute Gasteiger partial charge is 0.305 e. The maximum absolute atomic E-state index is 12.1. The highest BCUT2D eigenvalue weighted by Crippen LogP contribution is 2.13. The Hall–Kier alpha value is -1.64. The Bertz CT molecular complexity index is 462. The molecule has 0 amide bonds. The average Bonchev–Trinajstić information content (AvgIpc) is 2.56. The fraction of sp³-hybridized carbons (Fsp3) is 0.600. The number of aryl methyl sites for hydroxylation is 1. The number of benzene rings is 1. The predicted octanol–water partition coefficient (Wildman–Crippen LogP) is 5.12. The first-order valence-electron chi connectivity index (χ1n) is 8.95. The van der Waals surface area contributed by atoms with Gasteiger partial charge in [-0.2, -0.15) is 0 Å². The molecular formula is C20H30O3. The summed E-state index contributed by atoms with van der Waals surface area (Å²) in [5.41, 5.74) is 2.12. The quantitative estimate of drug-likeness (QED) is 0.305. The number of hydrogen-bond acceptors (Lipinski definition) is 3. The number of ether oxygens (including phenoxy) is 1. The second-order valence-electron chi connectivity index (χ2n) is 5.94. The van der Waals surface area contributed by atoms with E-state index >= 15 is 0 Å². The Morgan fingerprint density at radius 2 is 1.52 bits per heavy atom. The molecule has 0 saturated carbocycles. The Kier molecular flexibility index (Phi) is 10.0. The molecule has 1 aromatic carbocycles. The molecule has 0 unspecified atom stereocenters. The van der Waals surface area contributed by atoms with Gasteiger partial charge >= 0.3 is 5.97 Å². The molecule has 0 aromatic heterocycles. The first kappa shape index (κ1) is 19.4. The molecule has 0 N–H and O–H groups in total. The van der Waals surface area contributed by atoms with Crippen molar-refractivity contribution in [3.05, 3.63) is 35.4 Å². The first-order chi connectivity index (χ1) is 11.2. The van der Waals surface area contributed by atoms with Crippen LogP contribution in [0.15, 0.2) is 24.3 Å². The zero-order valence-corrected chi connectivity index (χ0v) is 14.6. The first-order valence-corrected chi connectivity index (χ1v) is 8.95. The van der Waals surface area contributed by atoms with Crippen LogP contribution >= 0.6 is 0 Å². The van der Waals surface area contributed by atoms with Crippen LogP contribution in [0.4, 0.5) is 0 Å². The van der Waals surface area contributed by atoms with Crippen molar-refractivity contribution in [2.45, 2.75) is 71.6 Å². The van der Waals surface area contributed by atoms with Crippen molar-refractivity contribution >= 4 is 11.8 Å². The van der Waals surface area contributed by atoms with Gasteiger partial charge < -0.3 is 4.74 Å². The van der Waals surface area contributed by atoms with E-state index in [4.69, 9.17) is 4.74 Å². The fourth-order valence-corrected chi connectivity index (χ4v) is 2.52. The normalized spacial score (nSPS) is 10.5. The largest absolute Gasteiger partial charge is 0.466 e. The topological polar surface area (TPSA) is 43.4 Å². The molecule has 0 aliphatic heterocycles. The van der Waals surface area contributed by atoms with Crippen LogP contribution in [-0.2, 0) is 16.0 Å². The van der Waals surface area contributed by atoms with E-state index in [9.17, 15) is 9.59 Å². The van der Waals surface area contributed by atoms with E-state index in [2.05, 4.69) is 19.1 Å². The summed E-state index contributed by atoms with van der Waals surface area (Å²) in [5, 5.41) is 0. The van der Waals surface area contributed by atoms with Crippen molar-refractivity contribution in [2.75, 3.05) is 6.61 Å². The zero-order chi connectivity index (χ0) is 16.9. The number of unbranched alkanes of at least 4 members (excludes halogenated alkanes) is 4. The molecule has 0 atom stereocenters. The zero-order valence-electron chi connectivity index (χ0n) is 14.6. The van der Waals surface area contributed by atoms with Crippen molar-refractivity contribution in [2.24, 2.45) is 0 Å². The Morgan fingerprint density at radius 3 is 2.13 bits per heavy atom. The van der Waals surface area contributed by atoms with Crippen LogP contribution in [-0.4, -0.2) is 18.4 Å². The number of ketones is 1. The van der Waals surface area contributed by atoms with E-state index in [-0.39, 0.29) is 11.8 Å². The SMILES string of the molecule is CCCCc1ccc(C(=O)CCCCCCC(=O)OCC)cc1. The van der Waals surface area contributed by atoms with E-state index in [1.165, 1.54) is 18.4 Å². The number of rotatable bonds is 12. The summed E-state index contributed by atoms with van der Waals surface area (Å²) in [7, 11) is 0. The summed E-state index contributed by atoms with van der Waals surface area (Å²) < 4.78 is 4.89. The van der Waals surface area contributed by atoms with Crippen LogP contribution in [0.3, 0.4) is 0 Å². The third kappa shape index (κ3) is 8.53. The van der Waals surface area contributed by atoms with Gasteiger partial charge in [0.15, 0.2) is 5.78 Å². The molecule has 1 rings (SSSR count). The second-order valence-corrected chi connectivity index (χ2v) is 5.94. The number of carbonyl (C=O) groups is 2. The van der Waals surface area contributed by atoms with E-state index in [0.29, 0.717) is 19.4 Å². The Balaban J connectivity index is 2.17. The van der Waals surface area contributed by atoms with Gasteiger partial charge in [-0.05, 0) is 38.2 Å². The number of carbonyl (C=O) groups excluding carboxylic acids is 2. The highest BCUT2D eigenvalue weighted by atomic mass is 16.5. The molecule has 23 heavy (non-hydrogen) atoms. The molecule has 1 aromatic rings. The molecule has 128 valence electrons. The highest BCUT2D eigenvalue weighted by Gasteiger charge is 2.06. The lowest BCUT2D eigenvalue weighted by atomic mass is 10.0. The molecule has 0 aliphatic carbocycles. The standard InChI is InChI=1S/C20H30O3/c1-3-5-10-17-13-15-18(16-14-17)19(21)11-8-6-7-9-12-20(22)23-4-2/h13-16H,3-12H2,1-2H3. The van der Waals surface area contributed by atoms with Crippen molar-refractivity contribution < 1.29 is 14.3 Å². The minimum atomic E-state index is -0.119. The van der Waals surface area contributed by atoms with Gasteiger partial charge in [-0.1, -0.05) is 50.5 Å². The monoisotopic (exact) mass is 318 g/mol. The van der Waals surface area contributed by atoms with Crippen LogP contribution < -0.4 is 0 Å². The van der Waals surface area contributed by atoms with Crippen LogP contribution in [0.25, 0.3) is 0 Å². The number of esters is 1. The summed E-state index contributed by atoms with van der Waals surface area (Å²) >= 11 is 0. The lowest BCUT2D eigenvalue weighted by Crippen LogP contribution is -2.03. The van der Waals surface area contributed by atoms with Gasteiger partial charge in [0.25, 0.3) is 0 Å². The van der Waals surface area contributed by atoms with Gasteiger partial charge in [0.2, 0.25) is 0 Å². The lowest BCUT2D eigenvalue weighted by Gasteiger charge is -2.04. The highest BCUT2D eigenvalue weighted by molar-refractivity contribution is 5.96. The van der Waals surface area contributed by atoms with Crippen LogP contribution in [0.1, 0.15) is 81.1 Å². The molecule has 0 fully saturated rings. The lowest BCUT2D eigenvalue weighted by molar-refractivity contribution is -0.143. The fourth-order valence-electron chi connectivity index (χ4n) is 2.52. The summed E-state index contributed by atoms with van der Waals surface area (Å²) in [6.07, 6.45) is 8.25. The number of hydrogen-bond donors (Lipinski definition) is 0. The Labute approximate surface area is 140 Å². The Morgan fingerprint density at radius 1 is 0.870 bits per heavy atom. The third-order valence-corrected chi connectivity index (χ3v) is 3.93. The maximum atomic E-state index is 12.1. The molecule has 0 heterocycles. The summed E-state index contributed by atoms with van der Waals surface area (Å²) in [4.78, 5) is 23.3. The molecule has 0 bridgehead atoms. The summed E-state index contributed by atoms with van der Waals surface area (Å²) in [6, 6.07) is 8.05. The maximum Gasteiger partial charge on any atom is 0.305 e. The van der Waals surface area contributed by atoms with E-state index in [0.717, 1.165) is 37.7 Å². The van der Waals surface area contributed by atoms with Crippen molar-refractivity contribution in [3.8, 4) is 0 Å². The minimum absolute atomic E-state index is 0.119. The van der Waals surface area contributed by atoms with Gasteiger partial charge in [-0.25, -0.2) is 0 Å². The van der Waals surface area contributed by atoms with Crippen molar-refractivity contribution in [1.29, 1.82) is 0 Å². The van der Waals surface area contributed by atoms with Gasteiger partial charge in [0.05, 0.1) is 6.61 Å². The molecular weight excluding hydrogens is 288 g/mol. The second kappa shape index (κ2) is 11.9. The minimum Gasteiger partial charge on any atom is -0.466 e. The molecule has 0 saturated heterocycles. The predicted molar refractivity (Wildman–Crippen MR) is 93.7 cm³/mol. The van der Waals surface area contributed by atoms with Crippen molar-refractivity contribution in [3.63, 3.8) is 0 Å². The van der Waals surface area contributed by atoms with Gasteiger partial charge in [-0.15, -0.1) is 0 Å². The third-order valence-electron chi connectivity index (χ3n) is 3.93. The van der Waals surface area contributed by atoms with Crippen LogP contribution in [0.5, 0.6) is 0 Å². The average molecular weight is 318 g/mol. The van der Waals surface area contributed by atoms with Gasteiger partial charge in [0.1, 0.15) is 0 Å². The summed E-state index contributed by atoms with van der Waals surface area (Å²) in [5.74, 6) is 0.101. The van der Waals surface area contributed by atoms with Crippen LogP contribution in [0, 0.1) is 0 Å². The molecule has 3 nitrogen and oxygen atoms in total. The van der Waals surface area contributed by atoms with Crippen LogP contribution in [0.2, 0.25) is 0 Å². The molecule has 0 spiro atoms.